The minimum Gasteiger partial charge on any atom is -0.230 e. The molecule has 88 valence electrons. The molecule has 0 N–H and O–H groups in total. The lowest BCUT2D eigenvalue weighted by atomic mass is 10.1. The highest BCUT2D eigenvalue weighted by molar-refractivity contribution is 8.00. The minimum absolute atomic E-state index is 0.220. The van der Waals surface area contributed by atoms with Gasteiger partial charge in [-0.25, -0.2) is 9.37 Å². The van der Waals surface area contributed by atoms with Gasteiger partial charge in [-0.15, -0.1) is 11.3 Å². The van der Waals surface area contributed by atoms with Crippen LogP contribution in [0.3, 0.4) is 0 Å². The summed E-state index contributed by atoms with van der Waals surface area (Å²) in [5, 5.41) is 0.753. The molecule has 17 heavy (non-hydrogen) atoms. The molecule has 1 nitrogen and oxygen atoms in total. The van der Waals surface area contributed by atoms with Gasteiger partial charge in [0.05, 0.1) is 9.88 Å². The molecule has 0 aliphatic heterocycles. The number of aromatic nitrogens is 1. The normalized spacial score (nSPS) is 12.1. The Balaban J connectivity index is 2.58. The molecule has 0 atom stereocenters. The smallest absolute Gasteiger partial charge is 0.150 e. The van der Waals surface area contributed by atoms with Crippen molar-refractivity contribution in [2.45, 2.75) is 11.3 Å². The first kappa shape index (κ1) is 12.3. The van der Waals surface area contributed by atoms with Crippen LogP contribution in [0.4, 0.5) is 4.39 Å². The van der Waals surface area contributed by atoms with E-state index in [1.54, 1.807) is 29.2 Å². The van der Waals surface area contributed by atoms with Crippen molar-refractivity contribution in [3.8, 4) is 0 Å². The number of hydrogen-bond donors (Lipinski definition) is 0. The highest BCUT2D eigenvalue weighted by atomic mass is 32.2. The van der Waals surface area contributed by atoms with Gasteiger partial charge >= 0.3 is 0 Å². The van der Waals surface area contributed by atoms with E-state index in [-0.39, 0.29) is 5.82 Å². The topological polar surface area (TPSA) is 12.9 Å². The maximum Gasteiger partial charge on any atom is 0.150 e. The average Bonchev–Trinajstić information content (AvgIpc) is 2.65. The largest absolute Gasteiger partial charge is 0.230 e. The number of benzene rings is 1. The van der Waals surface area contributed by atoms with Gasteiger partial charge in [-0.1, -0.05) is 24.4 Å². The van der Waals surface area contributed by atoms with Gasteiger partial charge in [0.25, 0.3) is 0 Å². The molecule has 0 unspecified atom stereocenters. The Labute approximate surface area is 108 Å². The first-order chi connectivity index (χ1) is 8.10. The van der Waals surface area contributed by atoms with Crippen LogP contribution in [-0.4, -0.2) is 11.2 Å². The monoisotopic (exact) mass is 265 g/mol. The van der Waals surface area contributed by atoms with Crippen molar-refractivity contribution < 1.29 is 4.39 Å². The Morgan fingerprint density at radius 3 is 2.88 bits per heavy atom. The summed E-state index contributed by atoms with van der Waals surface area (Å²) in [6.45, 7) is 5.86. The zero-order valence-electron chi connectivity index (χ0n) is 9.66. The Hall–Kier alpha value is -1.13. The van der Waals surface area contributed by atoms with Crippen LogP contribution in [-0.2, 0) is 0 Å². The fourth-order valence-corrected chi connectivity index (χ4v) is 2.95. The van der Waals surface area contributed by atoms with Crippen LogP contribution in [0.2, 0.25) is 0 Å². The molecule has 0 amide bonds. The lowest BCUT2D eigenvalue weighted by molar-refractivity contribution is 0.627. The lowest BCUT2D eigenvalue weighted by Crippen LogP contribution is -2.18. The molecule has 1 aromatic heterocycles. The molecule has 0 spiro atoms. The Kier molecular flexibility index (Phi) is 3.64. The molecular weight excluding hydrogens is 253 g/mol. The van der Waals surface area contributed by atoms with Gasteiger partial charge in [-0.2, -0.15) is 0 Å². The Bertz CT molecular complexity index is 646. The van der Waals surface area contributed by atoms with Crippen molar-refractivity contribution in [1.82, 2.24) is 4.98 Å². The van der Waals surface area contributed by atoms with Crippen LogP contribution in [0.1, 0.15) is 11.1 Å². The highest BCUT2D eigenvalue weighted by Gasteiger charge is 2.00. The molecule has 1 heterocycles. The molecule has 0 aliphatic rings. The van der Waals surface area contributed by atoms with Crippen molar-refractivity contribution in [1.29, 1.82) is 0 Å². The molecule has 2 aromatic rings. The Morgan fingerprint density at radius 2 is 2.24 bits per heavy atom. The van der Waals surface area contributed by atoms with E-state index in [1.807, 2.05) is 19.3 Å². The van der Waals surface area contributed by atoms with Crippen molar-refractivity contribution in [3.63, 3.8) is 0 Å². The maximum absolute atomic E-state index is 13.2. The van der Waals surface area contributed by atoms with Crippen LogP contribution in [0.25, 0.3) is 12.7 Å². The minimum atomic E-state index is -0.220. The van der Waals surface area contributed by atoms with Crippen LogP contribution in [0.5, 0.6) is 0 Å². The zero-order valence-corrected chi connectivity index (χ0v) is 11.3. The van der Waals surface area contributed by atoms with E-state index >= 15 is 0 Å². The van der Waals surface area contributed by atoms with Gasteiger partial charge in [-0.05, 0) is 42.5 Å². The van der Waals surface area contributed by atoms with E-state index in [0.717, 1.165) is 25.3 Å². The molecule has 0 bridgehead atoms. The number of aryl methyl sites for hydroxylation is 1. The highest BCUT2D eigenvalue weighted by Crippen LogP contribution is 2.13. The average molecular weight is 265 g/mol. The summed E-state index contributed by atoms with van der Waals surface area (Å²) in [5.74, 6) is -0.220. The number of rotatable bonds is 2. The number of thioether (sulfide) groups is 1. The predicted molar refractivity (Wildman–Crippen MR) is 73.4 cm³/mol. The summed E-state index contributed by atoms with van der Waals surface area (Å²) in [7, 11) is 0. The summed E-state index contributed by atoms with van der Waals surface area (Å²) in [4.78, 5) is 4.32. The second-order valence-corrected chi connectivity index (χ2v) is 5.72. The third kappa shape index (κ3) is 2.76. The van der Waals surface area contributed by atoms with E-state index in [1.165, 1.54) is 12.1 Å². The number of halogens is 1. The Morgan fingerprint density at radius 1 is 1.47 bits per heavy atom. The summed E-state index contributed by atoms with van der Waals surface area (Å²) >= 11 is 3.18. The summed E-state index contributed by atoms with van der Waals surface area (Å²) in [5.41, 5.74) is 1.93. The van der Waals surface area contributed by atoms with Crippen molar-refractivity contribution in [2.24, 2.45) is 0 Å². The van der Waals surface area contributed by atoms with Crippen molar-refractivity contribution >= 4 is 35.8 Å². The summed E-state index contributed by atoms with van der Waals surface area (Å²) in [6, 6.07) is 4.78. The van der Waals surface area contributed by atoms with Gasteiger partial charge in [0.2, 0.25) is 0 Å². The van der Waals surface area contributed by atoms with E-state index in [9.17, 15) is 4.39 Å². The number of nitrogens with zero attached hydrogens (tertiary/aromatic N) is 1. The van der Waals surface area contributed by atoms with Gasteiger partial charge in [0.15, 0.2) is 4.34 Å². The van der Waals surface area contributed by atoms with E-state index in [0.29, 0.717) is 0 Å². The van der Waals surface area contributed by atoms with Crippen molar-refractivity contribution in [2.75, 3.05) is 6.26 Å². The quantitative estimate of drug-likeness (QED) is 0.774. The van der Waals surface area contributed by atoms with Gasteiger partial charge in [0, 0.05) is 0 Å². The first-order valence-electron chi connectivity index (χ1n) is 5.08. The van der Waals surface area contributed by atoms with Gasteiger partial charge in [0.1, 0.15) is 5.82 Å². The standard InChI is InChI=1S/C13H12FNS2/c1-8-4-5-11(14)6-10(8)7-12-9(2)15-13(16-3)17-12/h4-7H,2H2,1,3H3/b12-7-. The lowest BCUT2D eigenvalue weighted by Gasteiger charge is -1.98. The first-order valence-corrected chi connectivity index (χ1v) is 7.12. The fourth-order valence-electron chi connectivity index (χ4n) is 1.45. The maximum atomic E-state index is 13.2. The number of thiazole rings is 1. The molecule has 0 radical (unpaired) electrons. The predicted octanol–water partition coefficient (Wildman–Crippen LogP) is 2.55. The molecule has 4 heteroatoms. The van der Waals surface area contributed by atoms with Crippen LogP contribution < -0.4 is 9.88 Å². The molecule has 2 rings (SSSR count). The van der Waals surface area contributed by atoms with Crippen LogP contribution in [0, 0.1) is 12.7 Å². The van der Waals surface area contributed by atoms with Gasteiger partial charge < -0.3 is 0 Å². The summed E-state index contributed by atoms with van der Waals surface area (Å²) in [6.07, 6.45) is 3.92. The van der Waals surface area contributed by atoms with E-state index in [2.05, 4.69) is 11.6 Å². The summed E-state index contributed by atoms with van der Waals surface area (Å²) < 4.78 is 15.1. The molecule has 0 saturated heterocycles. The fraction of sp³-hybridized carbons (Fsp3) is 0.154. The molecule has 0 fully saturated rings. The SMILES string of the molecule is C=c1nc(SC)s/c1=C\c1cc(F)ccc1C. The van der Waals surface area contributed by atoms with Crippen LogP contribution >= 0.6 is 23.1 Å². The second-order valence-electron chi connectivity index (χ2n) is 3.64. The second kappa shape index (κ2) is 5.02. The zero-order chi connectivity index (χ0) is 12.4. The van der Waals surface area contributed by atoms with E-state index in [4.69, 9.17) is 0 Å². The third-order valence-electron chi connectivity index (χ3n) is 2.41. The molecule has 0 aliphatic carbocycles. The van der Waals surface area contributed by atoms with E-state index < -0.39 is 0 Å². The molecular formula is C13H12FNS2. The van der Waals surface area contributed by atoms with Gasteiger partial charge in [-0.3, -0.25) is 0 Å². The van der Waals surface area contributed by atoms with Crippen molar-refractivity contribution in [3.05, 3.63) is 45.0 Å². The molecule has 0 saturated carbocycles. The third-order valence-corrected chi connectivity index (χ3v) is 4.44. The number of hydrogen-bond acceptors (Lipinski definition) is 3. The molecule has 1 aromatic carbocycles. The van der Waals surface area contributed by atoms with Crippen LogP contribution in [0.15, 0.2) is 22.5 Å².